The number of nitrogens with one attached hydrogen (secondary N) is 2. The van der Waals surface area contributed by atoms with Gasteiger partial charge in [0.15, 0.2) is 0 Å². The van der Waals surface area contributed by atoms with E-state index in [2.05, 4.69) is 16.7 Å². The molecule has 1 aliphatic rings. The molecule has 2 amide bonds. The molecule has 0 saturated carbocycles. The van der Waals surface area contributed by atoms with Crippen molar-refractivity contribution in [1.82, 2.24) is 10.6 Å². The number of benzene rings is 1. The number of carboxylic acid groups (broad SMARTS) is 1. The van der Waals surface area contributed by atoms with E-state index in [0.717, 1.165) is 24.2 Å². The van der Waals surface area contributed by atoms with Gasteiger partial charge in [0.25, 0.3) is 0 Å². The summed E-state index contributed by atoms with van der Waals surface area (Å²) in [5.74, 6) is -0.861. The van der Waals surface area contributed by atoms with E-state index < -0.39 is 5.97 Å². The van der Waals surface area contributed by atoms with Crippen molar-refractivity contribution in [1.29, 1.82) is 0 Å². The number of carbonyl (C=O) groups excluding carboxylic acids is 1. The molecule has 0 spiro atoms. The van der Waals surface area contributed by atoms with Crippen LogP contribution in [0.25, 0.3) is 0 Å². The fourth-order valence-corrected chi connectivity index (χ4v) is 2.58. The van der Waals surface area contributed by atoms with E-state index in [0.29, 0.717) is 26.0 Å². The van der Waals surface area contributed by atoms with E-state index in [4.69, 9.17) is 9.84 Å². The Balaban J connectivity index is 1.84. The first kappa shape index (κ1) is 18.0. The van der Waals surface area contributed by atoms with Crippen molar-refractivity contribution in [2.45, 2.75) is 31.7 Å². The van der Waals surface area contributed by atoms with Crippen molar-refractivity contribution in [2.24, 2.45) is 0 Å². The molecule has 0 radical (unpaired) electrons. The average molecular weight is 332 g/mol. The number of hydrogen-bond acceptors (Lipinski definition) is 3. The number of urea groups is 1. The van der Waals surface area contributed by atoms with E-state index >= 15 is 0 Å². The topological polar surface area (TPSA) is 87.7 Å². The summed E-state index contributed by atoms with van der Waals surface area (Å²) in [6, 6.07) is 9.22. The second kappa shape index (κ2) is 9.72. The molecule has 0 saturated heterocycles. The Morgan fingerprint density at radius 1 is 1.25 bits per heavy atom. The van der Waals surface area contributed by atoms with E-state index in [-0.39, 0.29) is 18.5 Å². The molecule has 1 unspecified atom stereocenters. The zero-order valence-corrected chi connectivity index (χ0v) is 13.7. The van der Waals surface area contributed by atoms with E-state index in [9.17, 15) is 9.59 Å². The first-order chi connectivity index (χ1) is 11.6. The van der Waals surface area contributed by atoms with E-state index in [1.54, 1.807) is 0 Å². The van der Waals surface area contributed by atoms with Crippen molar-refractivity contribution in [3.8, 4) is 0 Å². The Morgan fingerprint density at radius 2 is 2.04 bits per heavy atom. The maximum Gasteiger partial charge on any atom is 0.315 e. The Kier molecular flexibility index (Phi) is 7.29. The highest BCUT2D eigenvalue weighted by molar-refractivity contribution is 5.74. The van der Waals surface area contributed by atoms with Crippen LogP contribution in [0.15, 0.2) is 42.0 Å². The smallest absolute Gasteiger partial charge is 0.315 e. The molecule has 3 N–H and O–H groups in total. The lowest BCUT2D eigenvalue weighted by Gasteiger charge is -2.20. The van der Waals surface area contributed by atoms with Gasteiger partial charge in [-0.3, -0.25) is 4.79 Å². The fourth-order valence-electron chi connectivity index (χ4n) is 2.58. The normalized spacial score (nSPS) is 15.2. The number of amides is 2. The van der Waals surface area contributed by atoms with Gasteiger partial charge in [-0.1, -0.05) is 36.4 Å². The summed E-state index contributed by atoms with van der Waals surface area (Å²) in [7, 11) is 0. The summed E-state index contributed by atoms with van der Waals surface area (Å²) < 4.78 is 5.33. The van der Waals surface area contributed by atoms with Gasteiger partial charge in [-0.15, -0.1) is 0 Å². The highest BCUT2D eigenvalue weighted by Crippen LogP contribution is 2.08. The minimum Gasteiger partial charge on any atom is -0.481 e. The minimum absolute atomic E-state index is 0.0246. The largest absolute Gasteiger partial charge is 0.481 e. The van der Waals surface area contributed by atoms with Crippen LogP contribution in [0.5, 0.6) is 0 Å². The molecule has 1 heterocycles. The molecule has 0 fully saturated rings. The highest BCUT2D eigenvalue weighted by Gasteiger charge is 2.15. The Bertz CT molecular complexity index is 572. The molecule has 6 nitrogen and oxygen atoms in total. The second-order valence-corrected chi connectivity index (χ2v) is 5.85. The molecule has 0 bridgehead atoms. The van der Waals surface area contributed by atoms with Crippen LogP contribution in [0.1, 0.15) is 24.8 Å². The Hall–Kier alpha value is -2.34. The second-order valence-electron chi connectivity index (χ2n) is 5.85. The molecule has 1 atom stereocenters. The number of ether oxygens (including phenoxy) is 1. The van der Waals surface area contributed by atoms with Gasteiger partial charge >= 0.3 is 12.0 Å². The molecule has 1 aliphatic heterocycles. The van der Waals surface area contributed by atoms with Gasteiger partial charge in [-0.2, -0.15) is 0 Å². The summed E-state index contributed by atoms with van der Waals surface area (Å²) in [6.45, 7) is 1.72. The van der Waals surface area contributed by atoms with Crippen LogP contribution in [0.4, 0.5) is 4.79 Å². The molecule has 130 valence electrons. The van der Waals surface area contributed by atoms with Gasteiger partial charge in [-0.25, -0.2) is 4.79 Å². The van der Waals surface area contributed by atoms with Crippen molar-refractivity contribution in [3.05, 3.63) is 47.5 Å². The number of rotatable bonds is 8. The molecule has 6 heteroatoms. The van der Waals surface area contributed by atoms with Crippen molar-refractivity contribution in [2.75, 3.05) is 19.8 Å². The number of aliphatic carboxylic acids is 1. The lowest BCUT2D eigenvalue weighted by molar-refractivity contribution is -0.137. The third-order valence-electron chi connectivity index (χ3n) is 3.83. The first-order valence-electron chi connectivity index (χ1n) is 8.19. The van der Waals surface area contributed by atoms with E-state index in [1.807, 2.05) is 30.3 Å². The summed E-state index contributed by atoms with van der Waals surface area (Å²) in [6.07, 6.45) is 3.97. The lowest BCUT2D eigenvalue weighted by atomic mass is 10.0. The first-order valence-corrected chi connectivity index (χ1v) is 8.19. The minimum atomic E-state index is -0.861. The summed E-state index contributed by atoms with van der Waals surface area (Å²) in [5, 5.41) is 14.6. The maximum atomic E-state index is 12.1. The quantitative estimate of drug-likeness (QED) is 0.636. The monoisotopic (exact) mass is 332 g/mol. The van der Waals surface area contributed by atoms with Crippen LogP contribution in [0.2, 0.25) is 0 Å². The summed E-state index contributed by atoms with van der Waals surface area (Å²) >= 11 is 0. The number of hydrogen-bond donors (Lipinski definition) is 3. The molecule has 1 aromatic carbocycles. The van der Waals surface area contributed by atoms with Gasteiger partial charge in [0.2, 0.25) is 0 Å². The summed E-state index contributed by atoms with van der Waals surface area (Å²) in [5.41, 5.74) is 2.12. The van der Waals surface area contributed by atoms with E-state index in [1.165, 1.54) is 0 Å². The predicted octanol–water partition coefficient (Wildman–Crippen LogP) is 2.11. The third-order valence-corrected chi connectivity index (χ3v) is 3.83. The summed E-state index contributed by atoms with van der Waals surface area (Å²) in [4.78, 5) is 22.9. The molecule has 24 heavy (non-hydrogen) atoms. The molecular weight excluding hydrogens is 308 g/mol. The van der Waals surface area contributed by atoms with Crippen LogP contribution >= 0.6 is 0 Å². The molecular formula is C18H24N2O4. The SMILES string of the molecule is O=C(O)CCC(Cc1ccccc1)NC(=O)NCC1=CCCOC1. The lowest BCUT2D eigenvalue weighted by Crippen LogP contribution is -2.44. The molecule has 1 aromatic rings. The standard InChI is InChI=1S/C18H24N2O4/c21-17(22)9-8-16(11-14-5-2-1-3-6-14)20-18(23)19-12-15-7-4-10-24-13-15/h1-3,5-7,16H,4,8-13H2,(H,21,22)(H2,19,20,23). The van der Waals surface area contributed by atoms with Crippen LogP contribution in [-0.4, -0.2) is 42.9 Å². The maximum absolute atomic E-state index is 12.1. The van der Waals surface area contributed by atoms with Crippen LogP contribution in [0, 0.1) is 0 Å². The van der Waals surface area contributed by atoms with Gasteiger partial charge < -0.3 is 20.5 Å². The van der Waals surface area contributed by atoms with Crippen molar-refractivity contribution < 1.29 is 19.4 Å². The van der Waals surface area contributed by atoms with Gasteiger partial charge in [-0.05, 0) is 30.4 Å². The third kappa shape index (κ3) is 6.83. The number of carboxylic acids is 1. The van der Waals surface area contributed by atoms with Crippen molar-refractivity contribution >= 4 is 12.0 Å². The van der Waals surface area contributed by atoms with Gasteiger partial charge in [0, 0.05) is 19.0 Å². The predicted molar refractivity (Wildman–Crippen MR) is 90.9 cm³/mol. The highest BCUT2D eigenvalue weighted by atomic mass is 16.5. The van der Waals surface area contributed by atoms with Crippen molar-refractivity contribution in [3.63, 3.8) is 0 Å². The Morgan fingerprint density at radius 3 is 2.71 bits per heavy atom. The zero-order valence-electron chi connectivity index (χ0n) is 13.7. The number of carbonyl (C=O) groups is 2. The molecule has 2 rings (SSSR count). The zero-order chi connectivity index (χ0) is 17.2. The van der Waals surface area contributed by atoms with Crippen LogP contribution in [0.3, 0.4) is 0 Å². The fraction of sp³-hybridized carbons (Fsp3) is 0.444. The van der Waals surface area contributed by atoms with Gasteiger partial charge in [0.05, 0.1) is 13.2 Å². The molecule has 0 aliphatic carbocycles. The molecule has 0 aromatic heterocycles. The van der Waals surface area contributed by atoms with Crippen LogP contribution < -0.4 is 10.6 Å². The van der Waals surface area contributed by atoms with Gasteiger partial charge in [0.1, 0.15) is 0 Å². The van der Waals surface area contributed by atoms with Crippen LogP contribution in [-0.2, 0) is 16.0 Å². The average Bonchev–Trinajstić information content (AvgIpc) is 2.60. The Labute approximate surface area is 141 Å².